The first kappa shape index (κ1) is 12.3. The quantitative estimate of drug-likeness (QED) is 0.908. The Kier molecular flexibility index (Phi) is 3.55. The van der Waals surface area contributed by atoms with E-state index in [9.17, 15) is 0 Å². The molecular formula is C14H19N5. The first-order valence-corrected chi connectivity index (χ1v) is 6.90. The van der Waals surface area contributed by atoms with Gasteiger partial charge in [-0.05, 0) is 31.9 Å². The Labute approximate surface area is 113 Å². The fraction of sp³-hybridized carbons (Fsp3) is 0.500. The molecule has 1 unspecified atom stereocenters. The molecule has 0 aromatic carbocycles. The minimum Gasteiger partial charge on any atom is -0.314 e. The van der Waals surface area contributed by atoms with Gasteiger partial charge in [0, 0.05) is 25.2 Å². The van der Waals surface area contributed by atoms with Crippen LogP contribution in [0.5, 0.6) is 0 Å². The minimum absolute atomic E-state index is 0.220. The van der Waals surface area contributed by atoms with Crippen molar-refractivity contribution in [3.05, 3.63) is 41.7 Å². The van der Waals surface area contributed by atoms with Crippen LogP contribution in [0.4, 0.5) is 0 Å². The monoisotopic (exact) mass is 257 g/mol. The van der Waals surface area contributed by atoms with Gasteiger partial charge in [-0.3, -0.25) is 4.98 Å². The van der Waals surface area contributed by atoms with Crippen molar-refractivity contribution in [1.82, 2.24) is 25.1 Å². The highest BCUT2D eigenvalue weighted by Gasteiger charge is 2.16. The van der Waals surface area contributed by atoms with E-state index in [2.05, 4.69) is 32.0 Å². The summed E-state index contributed by atoms with van der Waals surface area (Å²) in [6, 6.07) is 6.21. The van der Waals surface area contributed by atoms with Crippen molar-refractivity contribution in [2.75, 3.05) is 0 Å². The summed E-state index contributed by atoms with van der Waals surface area (Å²) in [4.78, 5) is 4.36. The van der Waals surface area contributed by atoms with Gasteiger partial charge < -0.3 is 9.88 Å². The normalized spacial score (nSPS) is 16.1. The molecule has 0 saturated heterocycles. The first-order valence-electron chi connectivity index (χ1n) is 6.90. The Balaban J connectivity index is 1.65. The zero-order valence-corrected chi connectivity index (χ0v) is 11.2. The second kappa shape index (κ2) is 5.48. The summed E-state index contributed by atoms with van der Waals surface area (Å²) in [5.74, 6) is 2.17. The Morgan fingerprint density at radius 3 is 3.11 bits per heavy atom. The molecular weight excluding hydrogens is 238 g/mol. The first-order chi connectivity index (χ1) is 9.34. The maximum absolute atomic E-state index is 4.36. The van der Waals surface area contributed by atoms with Crippen LogP contribution in [0, 0.1) is 0 Å². The van der Waals surface area contributed by atoms with Crippen LogP contribution in [0.25, 0.3) is 0 Å². The van der Waals surface area contributed by atoms with Gasteiger partial charge in [0.05, 0.1) is 12.2 Å². The smallest absolute Gasteiger partial charge is 0.147 e. The molecule has 0 amide bonds. The average molecular weight is 257 g/mol. The Morgan fingerprint density at radius 2 is 2.26 bits per heavy atom. The number of nitrogens with zero attached hydrogens (tertiary/aromatic N) is 4. The molecule has 19 heavy (non-hydrogen) atoms. The predicted molar refractivity (Wildman–Crippen MR) is 72.5 cm³/mol. The second-order valence-corrected chi connectivity index (χ2v) is 5.00. The van der Waals surface area contributed by atoms with Gasteiger partial charge in [0.25, 0.3) is 0 Å². The van der Waals surface area contributed by atoms with E-state index in [0.717, 1.165) is 36.9 Å². The van der Waals surface area contributed by atoms with Crippen LogP contribution in [-0.4, -0.2) is 19.7 Å². The lowest BCUT2D eigenvalue weighted by molar-refractivity contribution is 0.481. The van der Waals surface area contributed by atoms with Gasteiger partial charge >= 0.3 is 0 Å². The van der Waals surface area contributed by atoms with Crippen LogP contribution >= 0.6 is 0 Å². The third-order valence-electron chi connectivity index (χ3n) is 3.63. The molecule has 1 N–H and O–H groups in total. The number of fused-ring (bicyclic) bond motifs is 1. The SMILES string of the molecule is CC(NCc1nnc2n1CCCC2)c1ccccn1. The van der Waals surface area contributed by atoms with E-state index in [1.165, 1.54) is 12.8 Å². The van der Waals surface area contributed by atoms with Crippen molar-refractivity contribution in [3.63, 3.8) is 0 Å². The molecule has 0 radical (unpaired) electrons. The Bertz CT molecular complexity index is 534. The van der Waals surface area contributed by atoms with E-state index >= 15 is 0 Å². The Morgan fingerprint density at radius 1 is 1.32 bits per heavy atom. The van der Waals surface area contributed by atoms with Gasteiger partial charge in [0.15, 0.2) is 0 Å². The third-order valence-corrected chi connectivity index (χ3v) is 3.63. The topological polar surface area (TPSA) is 55.6 Å². The van der Waals surface area contributed by atoms with Gasteiger partial charge in [0.1, 0.15) is 11.6 Å². The van der Waals surface area contributed by atoms with Crippen molar-refractivity contribution in [3.8, 4) is 0 Å². The molecule has 1 aliphatic heterocycles. The summed E-state index contributed by atoms with van der Waals surface area (Å²) in [5.41, 5.74) is 1.06. The molecule has 0 bridgehead atoms. The van der Waals surface area contributed by atoms with E-state index in [1.54, 1.807) is 0 Å². The molecule has 1 aliphatic rings. The van der Waals surface area contributed by atoms with Crippen molar-refractivity contribution >= 4 is 0 Å². The van der Waals surface area contributed by atoms with Crippen molar-refractivity contribution < 1.29 is 0 Å². The summed E-state index contributed by atoms with van der Waals surface area (Å²) in [6.07, 6.45) is 5.35. The molecule has 5 nitrogen and oxygen atoms in total. The van der Waals surface area contributed by atoms with Gasteiger partial charge in [-0.15, -0.1) is 10.2 Å². The van der Waals surface area contributed by atoms with E-state index in [4.69, 9.17) is 0 Å². The Hall–Kier alpha value is -1.75. The highest BCUT2D eigenvalue weighted by atomic mass is 15.3. The molecule has 3 heterocycles. The lowest BCUT2D eigenvalue weighted by Crippen LogP contribution is -2.22. The van der Waals surface area contributed by atoms with Crippen LogP contribution in [0.3, 0.4) is 0 Å². The standard InChI is InChI=1S/C14H19N5/c1-11(12-6-2-4-8-15-12)16-10-14-18-17-13-7-3-5-9-19(13)14/h2,4,6,8,11,16H,3,5,7,9-10H2,1H3. The fourth-order valence-corrected chi connectivity index (χ4v) is 2.48. The lowest BCUT2D eigenvalue weighted by atomic mass is 10.1. The summed E-state index contributed by atoms with van der Waals surface area (Å²) in [7, 11) is 0. The van der Waals surface area contributed by atoms with Gasteiger partial charge in [0.2, 0.25) is 0 Å². The molecule has 2 aromatic heterocycles. The lowest BCUT2D eigenvalue weighted by Gasteiger charge is -2.16. The van der Waals surface area contributed by atoms with E-state index in [0.29, 0.717) is 0 Å². The number of aryl methyl sites for hydroxylation is 1. The number of aromatic nitrogens is 4. The zero-order valence-electron chi connectivity index (χ0n) is 11.2. The van der Waals surface area contributed by atoms with Crippen LogP contribution in [0.2, 0.25) is 0 Å². The fourth-order valence-electron chi connectivity index (χ4n) is 2.48. The molecule has 0 saturated carbocycles. The van der Waals surface area contributed by atoms with E-state index < -0.39 is 0 Å². The maximum Gasteiger partial charge on any atom is 0.147 e. The summed E-state index contributed by atoms with van der Waals surface area (Å²) in [5, 5.41) is 12.0. The average Bonchev–Trinajstić information content (AvgIpc) is 2.89. The molecule has 0 fully saturated rings. The van der Waals surface area contributed by atoms with Crippen LogP contribution in [0.15, 0.2) is 24.4 Å². The predicted octanol–water partition coefficient (Wildman–Crippen LogP) is 1.86. The van der Waals surface area contributed by atoms with Crippen molar-refractivity contribution in [2.24, 2.45) is 0 Å². The van der Waals surface area contributed by atoms with Crippen molar-refractivity contribution in [1.29, 1.82) is 0 Å². The maximum atomic E-state index is 4.36. The highest BCUT2D eigenvalue weighted by molar-refractivity contribution is 5.08. The largest absolute Gasteiger partial charge is 0.314 e. The van der Waals surface area contributed by atoms with E-state index in [1.807, 2.05) is 24.4 Å². The third kappa shape index (κ3) is 2.66. The van der Waals surface area contributed by atoms with Gasteiger partial charge in [-0.25, -0.2) is 0 Å². The van der Waals surface area contributed by atoms with E-state index in [-0.39, 0.29) is 6.04 Å². The van der Waals surface area contributed by atoms with Crippen LogP contribution in [0.1, 0.15) is 43.1 Å². The molecule has 3 rings (SSSR count). The number of hydrogen-bond donors (Lipinski definition) is 1. The summed E-state index contributed by atoms with van der Waals surface area (Å²) < 4.78 is 2.25. The number of pyridine rings is 1. The summed E-state index contributed by atoms with van der Waals surface area (Å²) in [6.45, 7) is 3.91. The molecule has 0 spiro atoms. The molecule has 2 aromatic rings. The van der Waals surface area contributed by atoms with Gasteiger partial charge in [-0.2, -0.15) is 0 Å². The number of rotatable bonds is 4. The molecule has 0 aliphatic carbocycles. The zero-order chi connectivity index (χ0) is 13.1. The summed E-state index contributed by atoms with van der Waals surface area (Å²) >= 11 is 0. The molecule has 100 valence electrons. The van der Waals surface area contributed by atoms with Gasteiger partial charge in [-0.1, -0.05) is 6.07 Å². The highest BCUT2D eigenvalue weighted by Crippen LogP contribution is 2.15. The van der Waals surface area contributed by atoms with Crippen molar-refractivity contribution in [2.45, 2.75) is 45.3 Å². The molecule has 5 heteroatoms. The minimum atomic E-state index is 0.220. The molecule has 1 atom stereocenters. The second-order valence-electron chi connectivity index (χ2n) is 5.00. The van der Waals surface area contributed by atoms with Crippen LogP contribution in [-0.2, 0) is 19.5 Å². The number of hydrogen-bond acceptors (Lipinski definition) is 4. The van der Waals surface area contributed by atoms with Crippen LogP contribution < -0.4 is 5.32 Å². The number of nitrogens with one attached hydrogen (secondary N) is 1.